The molecule has 2 rings (SSSR count). The smallest absolute Gasteiger partial charge is 0.307 e. The Balaban J connectivity index is 2.08. The monoisotopic (exact) mass is 396 g/mol. The Bertz CT molecular complexity index is 736. The van der Waals surface area contributed by atoms with Crippen LogP contribution in [0.4, 0.5) is 0 Å². The molecule has 1 fully saturated rings. The third kappa shape index (κ3) is 6.04. The number of benzene rings is 1. The summed E-state index contributed by atoms with van der Waals surface area (Å²) in [7, 11) is -2.01. The highest BCUT2D eigenvalue weighted by Crippen LogP contribution is 2.23. The summed E-state index contributed by atoms with van der Waals surface area (Å²) in [5.41, 5.74) is 0.808. The average Bonchev–Trinajstić information content (AvgIpc) is 2.68. The lowest BCUT2D eigenvalue weighted by Crippen LogP contribution is -2.46. The van der Waals surface area contributed by atoms with Gasteiger partial charge in [0.05, 0.1) is 31.2 Å². The summed E-state index contributed by atoms with van der Waals surface area (Å²) in [5.74, 6) is -0.977. The van der Waals surface area contributed by atoms with Crippen molar-refractivity contribution in [3.63, 3.8) is 0 Å². The largest absolute Gasteiger partial charge is 0.469 e. The van der Waals surface area contributed by atoms with E-state index in [1.165, 1.54) is 11.4 Å². The number of ether oxygens (including phenoxy) is 1. The van der Waals surface area contributed by atoms with E-state index >= 15 is 0 Å². The predicted octanol–water partition coefficient (Wildman–Crippen LogP) is 1.86. The van der Waals surface area contributed by atoms with Crippen molar-refractivity contribution in [1.82, 2.24) is 9.62 Å². The quantitative estimate of drug-likeness (QED) is 0.677. The molecule has 0 aromatic heterocycles. The van der Waals surface area contributed by atoms with Gasteiger partial charge in [0, 0.05) is 13.1 Å². The third-order valence-electron chi connectivity index (χ3n) is 4.73. The topological polar surface area (TPSA) is 92.8 Å². The van der Waals surface area contributed by atoms with Gasteiger partial charge in [0.15, 0.2) is 0 Å². The molecule has 1 N–H and O–H groups in total. The van der Waals surface area contributed by atoms with Crippen LogP contribution in [-0.4, -0.2) is 50.6 Å². The minimum absolute atomic E-state index is 0.0246. The molecular formula is C19H28N2O5S. The number of nitrogens with zero attached hydrogens (tertiary/aromatic N) is 1. The van der Waals surface area contributed by atoms with E-state index < -0.39 is 28.0 Å². The maximum atomic E-state index is 12.8. The van der Waals surface area contributed by atoms with Gasteiger partial charge in [-0.05, 0) is 24.8 Å². The van der Waals surface area contributed by atoms with Crippen molar-refractivity contribution in [3.05, 3.63) is 35.9 Å². The molecule has 1 amide bonds. The van der Waals surface area contributed by atoms with Crippen LogP contribution in [0.3, 0.4) is 0 Å². The highest BCUT2D eigenvalue weighted by molar-refractivity contribution is 7.89. The number of piperidine rings is 1. The highest BCUT2D eigenvalue weighted by atomic mass is 32.2. The predicted molar refractivity (Wildman–Crippen MR) is 102 cm³/mol. The second kappa shape index (κ2) is 9.85. The molecule has 0 spiro atoms. The van der Waals surface area contributed by atoms with Crippen LogP contribution in [0, 0.1) is 5.92 Å². The Morgan fingerprint density at radius 1 is 1.30 bits per heavy atom. The number of methoxy groups -OCH3 is 1. The SMILES string of the molecule is CCCS(=O)(=O)N1CCC[C@@H](C(=O)N[C@H](CC(=O)OC)c2ccccc2)C1. The minimum atomic E-state index is -3.32. The molecule has 1 heterocycles. The second-order valence-electron chi connectivity index (χ2n) is 6.77. The zero-order chi connectivity index (χ0) is 19.9. The molecule has 8 heteroatoms. The van der Waals surface area contributed by atoms with Gasteiger partial charge >= 0.3 is 5.97 Å². The number of nitrogens with one attached hydrogen (secondary N) is 1. The van der Waals surface area contributed by atoms with Gasteiger partial charge < -0.3 is 10.1 Å². The number of esters is 1. The first-order valence-corrected chi connectivity index (χ1v) is 10.9. The number of rotatable bonds is 8. The van der Waals surface area contributed by atoms with Gasteiger partial charge in [0.2, 0.25) is 15.9 Å². The molecule has 7 nitrogen and oxygen atoms in total. The van der Waals surface area contributed by atoms with E-state index in [1.807, 2.05) is 37.3 Å². The van der Waals surface area contributed by atoms with Crippen LogP contribution in [0.1, 0.15) is 44.2 Å². The lowest BCUT2D eigenvalue weighted by atomic mass is 9.97. The maximum Gasteiger partial charge on any atom is 0.307 e. The average molecular weight is 397 g/mol. The first-order valence-electron chi connectivity index (χ1n) is 9.27. The maximum absolute atomic E-state index is 12.8. The molecule has 0 bridgehead atoms. The molecule has 2 atom stereocenters. The summed E-state index contributed by atoms with van der Waals surface area (Å²) in [6.45, 7) is 2.47. The van der Waals surface area contributed by atoms with Crippen LogP contribution in [0.2, 0.25) is 0 Å². The van der Waals surface area contributed by atoms with Gasteiger partial charge in [0.25, 0.3) is 0 Å². The number of sulfonamides is 1. The van der Waals surface area contributed by atoms with E-state index in [0.717, 1.165) is 5.56 Å². The molecule has 1 aromatic carbocycles. The summed E-state index contributed by atoms with van der Waals surface area (Å²) < 4.78 is 30.8. The number of hydrogen-bond acceptors (Lipinski definition) is 5. The number of carbonyl (C=O) groups excluding carboxylic acids is 2. The highest BCUT2D eigenvalue weighted by Gasteiger charge is 2.33. The van der Waals surface area contributed by atoms with Crippen LogP contribution >= 0.6 is 0 Å². The van der Waals surface area contributed by atoms with Crippen LogP contribution < -0.4 is 5.32 Å². The van der Waals surface area contributed by atoms with Gasteiger partial charge in [-0.15, -0.1) is 0 Å². The van der Waals surface area contributed by atoms with E-state index in [4.69, 9.17) is 4.74 Å². The van der Waals surface area contributed by atoms with E-state index in [0.29, 0.717) is 25.8 Å². The fraction of sp³-hybridized carbons (Fsp3) is 0.579. The van der Waals surface area contributed by atoms with Gasteiger partial charge in [-0.1, -0.05) is 37.3 Å². The molecule has 1 saturated heterocycles. The van der Waals surface area contributed by atoms with E-state index in [2.05, 4.69) is 5.32 Å². The van der Waals surface area contributed by atoms with Crippen molar-refractivity contribution in [1.29, 1.82) is 0 Å². The van der Waals surface area contributed by atoms with Crippen molar-refractivity contribution in [2.75, 3.05) is 26.0 Å². The van der Waals surface area contributed by atoms with Crippen molar-refractivity contribution in [2.24, 2.45) is 5.92 Å². The zero-order valence-electron chi connectivity index (χ0n) is 15.9. The lowest BCUT2D eigenvalue weighted by Gasteiger charge is -2.32. The number of amides is 1. The molecular weight excluding hydrogens is 368 g/mol. The second-order valence-corrected chi connectivity index (χ2v) is 8.85. The molecule has 27 heavy (non-hydrogen) atoms. The Labute approximate surface area is 161 Å². The van der Waals surface area contributed by atoms with E-state index in [1.54, 1.807) is 0 Å². The summed E-state index contributed by atoms with van der Waals surface area (Å²) >= 11 is 0. The molecule has 1 aromatic rings. The van der Waals surface area contributed by atoms with E-state index in [-0.39, 0.29) is 24.6 Å². The molecule has 0 aliphatic carbocycles. The van der Waals surface area contributed by atoms with Gasteiger partial charge in [-0.25, -0.2) is 12.7 Å². The zero-order valence-corrected chi connectivity index (χ0v) is 16.7. The van der Waals surface area contributed by atoms with E-state index in [9.17, 15) is 18.0 Å². The third-order valence-corrected chi connectivity index (χ3v) is 6.77. The van der Waals surface area contributed by atoms with Crippen molar-refractivity contribution < 1.29 is 22.7 Å². The number of hydrogen-bond donors (Lipinski definition) is 1. The van der Waals surface area contributed by atoms with Crippen LogP contribution in [0.5, 0.6) is 0 Å². The fourth-order valence-corrected chi connectivity index (χ4v) is 4.86. The van der Waals surface area contributed by atoms with Crippen LogP contribution in [-0.2, 0) is 24.3 Å². The first kappa shape index (κ1) is 21.4. The van der Waals surface area contributed by atoms with Gasteiger partial charge in [0.1, 0.15) is 0 Å². The van der Waals surface area contributed by atoms with Gasteiger partial charge in [-0.3, -0.25) is 9.59 Å². The van der Waals surface area contributed by atoms with Gasteiger partial charge in [-0.2, -0.15) is 0 Å². The Hall–Kier alpha value is -1.93. The normalized spacial score (nSPS) is 19.3. The number of carbonyl (C=O) groups is 2. The van der Waals surface area contributed by atoms with Crippen molar-refractivity contribution >= 4 is 21.9 Å². The summed E-state index contributed by atoms with van der Waals surface area (Å²) in [4.78, 5) is 24.5. The molecule has 1 aliphatic heterocycles. The molecule has 0 saturated carbocycles. The van der Waals surface area contributed by atoms with Crippen molar-refractivity contribution in [3.8, 4) is 0 Å². The molecule has 0 radical (unpaired) electrons. The Kier molecular flexibility index (Phi) is 7.79. The summed E-state index contributed by atoms with van der Waals surface area (Å²) in [6.07, 6.45) is 1.85. The van der Waals surface area contributed by atoms with Crippen LogP contribution in [0.25, 0.3) is 0 Å². The van der Waals surface area contributed by atoms with Crippen LogP contribution in [0.15, 0.2) is 30.3 Å². The standard InChI is InChI=1S/C19H28N2O5S/c1-3-12-27(24,25)21-11-7-10-16(14-21)19(23)20-17(13-18(22)26-2)15-8-5-4-6-9-15/h4-6,8-9,16-17H,3,7,10-14H2,1-2H3,(H,20,23)/t16-,17-/m1/s1. The molecule has 0 unspecified atom stereocenters. The van der Waals surface area contributed by atoms with Crippen molar-refractivity contribution in [2.45, 2.75) is 38.6 Å². The Morgan fingerprint density at radius 2 is 2.00 bits per heavy atom. The summed E-state index contributed by atoms with van der Waals surface area (Å²) in [6, 6.07) is 8.71. The summed E-state index contributed by atoms with van der Waals surface area (Å²) in [5, 5.41) is 2.91. The first-order chi connectivity index (χ1) is 12.9. The molecule has 150 valence electrons. The Morgan fingerprint density at radius 3 is 2.63 bits per heavy atom. The lowest BCUT2D eigenvalue weighted by molar-refractivity contribution is -0.141. The molecule has 1 aliphatic rings. The minimum Gasteiger partial charge on any atom is -0.469 e. The fourth-order valence-electron chi connectivity index (χ4n) is 3.27.